The van der Waals surface area contributed by atoms with Crippen LogP contribution in [0.3, 0.4) is 0 Å². The van der Waals surface area contributed by atoms with Crippen molar-refractivity contribution in [2.24, 2.45) is 0 Å². The molecule has 0 saturated heterocycles. The maximum Gasteiger partial charge on any atom is 0.255 e. The molecule has 1 aliphatic heterocycles. The molecule has 0 unspecified atom stereocenters. The van der Waals surface area contributed by atoms with Crippen molar-refractivity contribution in [2.45, 2.75) is 36.7 Å². The number of fused-ring (bicyclic) bond motifs is 1. The van der Waals surface area contributed by atoms with E-state index in [1.165, 1.54) is 24.3 Å². The van der Waals surface area contributed by atoms with Gasteiger partial charge in [0, 0.05) is 18.2 Å². The fourth-order valence-corrected chi connectivity index (χ4v) is 4.40. The Bertz CT molecular complexity index is 992. The van der Waals surface area contributed by atoms with Gasteiger partial charge in [0.15, 0.2) is 0 Å². The lowest BCUT2D eigenvalue weighted by Crippen LogP contribution is -2.26. The van der Waals surface area contributed by atoms with E-state index in [-0.39, 0.29) is 34.6 Å². The molecule has 1 fully saturated rings. The monoisotopic (exact) mass is 425 g/mol. The molecule has 0 bridgehead atoms. The SMILES string of the molecule is Cl.O=C(Nc1ccc2c(c1F)CCNC2)c1ccc(S(=O)(=O)NC2CC2)cc1. The predicted octanol–water partition coefficient (Wildman–Crippen LogP) is 2.59. The van der Waals surface area contributed by atoms with Gasteiger partial charge in [-0.3, -0.25) is 4.79 Å². The maximum absolute atomic E-state index is 14.6. The summed E-state index contributed by atoms with van der Waals surface area (Å²) in [5.41, 5.74) is 1.92. The lowest BCUT2D eigenvalue weighted by atomic mass is 9.99. The Morgan fingerprint density at radius 1 is 1.11 bits per heavy atom. The van der Waals surface area contributed by atoms with Crippen LogP contribution in [0.2, 0.25) is 0 Å². The minimum Gasteiger partial charge on any atom is -0.319 e. The van der Waals surface area contributed by atoms with Gasteiger partial charge in [0.05, 0.1) is 10.6 Å². The molecule has 6 nitrogen and oxygen atoms in total. The van der Waals surface area contributed by atoms with Gasteiger partial charge in [-0.05, 0) is 67.3 Å². The summed E-state index contributed by atoms with van der Waals surface area (Å²) in [6.07, 6.45) is 2.27. The first-order chi connectivity index (χ1) is 12.9. The summed E-state index contributed by atoms with van der Waals surface area (Å²) in [6, 6.07) is 8.99. The molecule has 0 aromatic heterocycles. The first-order valence-corrected chi connectivity index (χ1v) is 10.4. The zero-order valence-corrected chi connectivity index (χ0v) is 16.6. The van der Waals surface area contributed by atoms with Crippen LogP contribution in [-0.4, -0.2) is 26.9 Å². The Labute approximate surface area is 169 Å². The molecule has 1 heterocycles. The maximum atomic E-state index is 14.6. The van der Waals surface area contributed by atoms with Crippen molar-refractivity contribution in [3.8, 4) is 0 Å². The van der Waals surface area contributed by atoms with Crippen LogP contribution in [0.25, 0.3) is 0 Å². The molecule has 28 heavy (non-hydrogen) atoms. The van der Waals surface area contributed by atoms with E-state index in [1.54, 1.807) is 12.1 Å². The lowest BCUT2D eigenvalue weighted by Gasteiger charge is -2.19. The summed E-state index contributed by atoms with van der Waals surface area (Å²) in [6.45, 7) is 1.32. The molecule has 0 spiro atoms. The fraction of sp³-hybridized carbons (Fsp3) is 0.316. The molecule has 1 amide bonds. The third kappa shape index (κ3) is 4.35. The Morgan fingerprint density at radius 3 is 2.50 bits per heavy atom. The number of hydrogen-bond donors (Lipinski definition) is 3. The zero-order valence-electron chi connectivity index (χ0n) is 15.0. The smallest absolute Gasteiger partial charge is 0.255 e. The average Bonchev–Trinajstić information content (AvgIpc) is 3.47. The van der Waals surface area contributed by atoms with E-state index in [0.717, 1.165) is 18.4 Å². The van der Waals surface area contributed by atoms with E-state index in [9.17, 15) is 17.6 Å². The van der Waals surface area contributed by atoms with Gasteiger partial charge >= 0.3 is 0 Å². The molecule has 1 aliphatic carbocycles. The molecule has 1 saturated carbocycles. The minimum absolute atomic E-state index is 0. The third-order valence-electron chi connectivity index (χ3n) is 4.78. The fourth-order valence-electron chi connectivity index (χ4n) is 3.10. The topological polar surface area (TPSA) is 87.3 Å². The van der Waals surface area contributed by atoms with Gasteiger partial charge in [-0.15, -0.1) is 12.4 Å². The molecule has 2 aromatic carbocycles. The van der Waals surface area contributed by atoms with E-state index < -0.39 is 21.7 Å². The predicted molar refractivity (Wildman–Crippen MR) is 107 cm³/mol. The first-order valence-electron chi connectivity index (χ1n) is 8.89. The van der Waals surface area contributed by atoms with Crippen LogP contribution < -0.4 is 15.4 Å². The Balaban J connectivity index is 0.00000225. The van der Waals surface area contributed by atoms with Crippen LogP contribution in [0.15, 0.2) is 41.3 Å². The van der Waals surface area contributed by atoms with Crippen molar-refractivity contribution in [1.29, 1.82) is 0 Å². The molecule has 3 N–H and O–H groups in total. The number of carbonyl (C=O) groups excluding carboxylic acids is 1. The minimum atomic E-state index is -3.56. The lowest BCUT2D eigenvalue weighted by molar-refractivity contribution is 0.102. The van der Waals surface area contributed by atoms with Crippen LogP contribution in [-0.2, 0) is 23.0 Å². The second kappa shape index (κ2) is 8.16. The highest BCUT2D eigenvalue weighted by molar-refractivity contribution is 7.89. The van der Waals surface area contributed by atoms with Crippen LogP contribution in [0.4, 0.5) is 10.1 Å². The normalized spacial score (nSPS) is 16.0. The molecule has 150 valence electrons. The second-order valence-corrected chi connectivity index (χ2v) is 8.58. The van der Waals surface area contributed by atoms with Crippen LogP contribution in [0, 0.1) is 5.82 Å². The molecule has 4 rings (SSSR count). The van der Waals surface area contributed by atoms with Gasteiger partial charge < -0.3 is 10.6 Å². The quantitative estimate of drug-likeness (QED) is 0.687. The number of sulfonamides is 1. The zero-order chi connectivity index (χ0) is 19.0. The Kier molecular flexibility index (Phi) is 6.04. The summed E-state index contributed by atoms with van der Waals surface area (Å²) < 4.78 is 41.6. The first kappa shape index (κ1) is 20.7. The van der Waals surface area contributed by atoms with Crippen LogP contribution in [0.5, 0.6) is 0 Å². The van der Waals surface area contributed by atoms with Crippen molar-refractivity contribution < 1.29 is 17.6 Å². The van der Waals surface area contributed by atoms with Gasteiger partial charge in [0.1, 0.15) is 5.82 Å². The largest absolute Gasteiger partial charge is 0.319 e. The highest BCUT2D eigenvalue weighted by Gasteiger charge is 2.28. The summed E-state index contributed by atoms with van der Waals surface area (Å²) in [7, 11) is -3.56. The Morgan fingerprint density at radius 2 is 1.82 bits per heavy atom. The Hall–Kier alpha value is -2.00. The number of halogens is 2. The summed E-state index contributed by atoms with van der Waals surface area (Å²) >= 11 is 0. The van der Waals surface area contributed by atoms with Crippen molar-refractivity contribution in [1.82, 2.24) is 10.0 Å². The van der Waals surface area contributed by atoms with E-state index in [0.29, 0.717) is 25.1 Å². The molecule has 2 aliphatic rings. The van der Waals surface area contributed by atoms with Gasteiger partial charge in [0.2, 0.25) is 10.0 Å². The number of anilines is 1. The number of carbonyl (C=O) groups is 1. The van der Waals surface area contributed by atoms with E-state index in [4.69, 9.17) is 0 Å². The van der Waals surface area contributed by atoms with Gasteiger partial charge in [-0.2, -0.15) is 0 Å². The number of nitrogens with one attached hydrogen (secondary N) is 3. The highest BCUT2D eigenvalue weighted by atomic mass is 35.5. The second-order valence-electron chi connectivity index (χ2n) is 6.87. The molecule has 0 atom stereocenters. The van der Waals surface area contributed by atoms with Crippen molar-refractivity contribution in [3.63, 3.8) is 0 Å². The molecular formula is C19H21ClFN3O3S. The van der Waals surface area contributed by atoms with Crippen LogP contribution >= 0.6 is 12.4 Å². The summed E-state index contributed by atoms with van der Waals surface area (Å²) in [5.74, 6) is -0.892. The third-order valence-corrected chi connectivity index (χ3v) is 6.32. The summed E-state index contributed by atoms with van der Waals surface area (Å²) in [4.78, 5) is 12.5. The number of hydrogen-bond acceptors (Lipinski definition) is 4. The average molecular weight is 426 g/mol. The van der Waals surface area contributed by atoms with E-state index in [2.05, 4.69) is 15.4 Å². The molecule has 9 heteroatoms. The van der Waals surface area contributed by atoms with Gasteiger partial charge in [0.25, 0.3) is 5.91 Å². The van der Waals surface area contributed by atoms with Crippen molar-refractivity contribution in [3.05, 3.63) is 58.9 Å². The molecular weight excluding hydrogens is 405 g/mol. The van der Waals surface area contributed by atoms with Crippen molar-refractivity contribution >= 4 is 34.0 Å². The van der Waals surface area contributed by atoms with Crippen molar-refractivity contribution in [2.75, 3.05) is 11.9 Å². The number of benzene rings is 2. The number of amides is 1. The van der Waals surface area contributed by atoms with E-state index in [1.807, 2.05) is 0 Å². The molecule has 2 aromatic rings. The van der Waals surface area contributed by atoms with Gasteiger partial charge in [-0.1, -0.05) is 6.07 Å². The van der Waals surface area contributed by atoms with E-state index >= 15 is 0 Å². The highest BCUT2D eigenvalue weighted by Crippen LogP contribution is 2.25. The standard InChI is InChI=1S/C19H20FN3O3S.ClH/c20-18-16-9-10-21-11-13(16)3-8-17(18)22-19(24)12-1-6-15(7-2-12)27(25,26)23-14-4-5-14;/h1-3,6-8,14,21,23H,4-5,9-11H2,(H,22,24);1H. The van der Waals surface area contributed by atoms with Crippen LogP contribution in [0.1, 0.15) is 34.3 Å². The number of rotatable bonds is 5. The summed E-state index contributed by atoms with van der Waals surface area (Å²) in [5, 5.41) is 5.76. The molecule has 0 radical (unpaired) electrons. The van der Waals surface area contributed by atoms with Gasteiger partial charge in [-0.25, -0.2) is 17.5 Å².